The van der Waals surface area contributed by atoms with E-state index in [1.165, 1.54) is 10.8 Å². The molecule has 2 aromatic carbocycles. The average Bonchev–Trinajstić information content (AvgIpc) is 2.98. The summed E-state index contributed by atoms with van der Waals surface area (Å²) in [6.07, 6.45) is 5.89. The Bertz CT molecular complexity index is 1180. The number of hydrogen-bond donors (Lipinski definition) is 0. The van der Waals surface area contributed by atoms with Gasteiger partial charge < -0.3 is 4.57 Å². The molecule has 0 saturated heterocycles. The molecular formula is C22H19N4+. The Morgan fingerprint density at radius 2 is 1.92 bits per heavy atom. The maximum Gasteiger partial charge on any atom is 0.300 e. The van der Waals surface area contributed by atoms with Gasteiger partial charge in [0.05, 0.1) is 17.3 Å². The van der Waals surface area contributed by atoms with E-state index in [1.54, 1.807) is 6.20 Å². The molecule has 0 N–H and O–H groups in total. The molecule has 0 fully saturated rings. The minimum Gasteiger partial charge on any atom is -0.349 e. The van der Waals surface area contributed by atoms with Gasteiger partial charge in [0, 0.05) is 48.8 Å². The van der Waals surface area contributed by atoms with Gasteiger partial charge in [0.15, 0.2) is 0 Å². The summed E-state index contributed by atoms with van der Waals surface area (Å²) in [6.45, 7) is 4.07. The van der Waals surface area contributed by atoms with Crippen molar-refractivity contribution in [1.29, 1.82) is 5.26 Å². The third-order valence-electron chi connectivity index (χ3n) is 4.86. The molecule has 4 aromatic rings. The fraction of sp³-hybridized carbons (Fsp3) is 0.136. The highest BCUT2D eigenvalue weighted by atomic mass is 15.0. The lowest BCUT2D eigenvalue weighted by atomic mass is 9.98. The minimum absolute atomic E-state index is 0.640. The smallest absolute Gasteiger partial charge is 0.300 e. The van der Waals surface area contributed by atoms with Crippen LogP contribution in [0.25, 0.3) is 27.7 Å². The van der Waals surface area contributed by atoms with Crippen molar-refractivity contribution in [3.05, 3.63) is 78.0 Å². The van der Waals surface area contributed by atoms with Gasteiger partial charge in [-0.05, 0) is 18.4 Å². The van der Waals surface area contributed by atoms with Crippen LogP contribution in [0.2, 0.25) is 0 Å². The molecule has 0 unspecified atom stereocenters. The fourth-order valence-electron chi connectivity index (χ4n) is 3.58. The van der Waals surface area contributed by atoms with E-state index in [-0.39, 0.29) is 0 Å². The molecule has 0 spiro atoms. The van der Waals surface area contributed by atoms with Crippen molar-refractivity contribution >= 4 is 10.8 Å². The van der Waals surface area contributed by atoms with E-state index in [0.29, 0.717) is 5.56 Å². The summed E-state index contributed by atoms with van der Waals surface area (Å²) in [5.41, 5.74) is 4.94. The van der Waals surface area contributed by atoms with E-state index in [2.05, 4.69) is 54.0 Å². The highest BCUT2D eigenvalue weighted by Crippen LogP contribution is 2.34. The van der Waals surface area contributed by atoms with Crippen LogP contribution in [0.4, 0.5) is 0 Å². The molecule has 26 heavy (non-hydrogen) atoms. The molecule has 0 radical (unpaired) electrons. The second kappa shape index (κ2) is 6.12. The van der Waals surface area contributed by atoms with E-state index in [4.69, 9.17) is 0 Å². The molecule has 0 saturated carbocycles. The van der Waals surface area contributed by atoms with Crippen molar-refractivity contribution in [3.63, 3.8) is 0 Å². The first kappa shape index (κ1) is 16.0. The topological polar surface area (TPSA) is 45.5 Å². The third kappa shape index (κ3) is 2.46. The van der Waals surface area contributed by atoms with Gasteiger partial charge in [-0.2, -0.15) is 5.26 Å². The maximum atomic E-state index is 9.59. The van der Waals surface area contributed by atoms with E-state index in [1.807, 2.05) is 42.0 Å². The van der Waals surface area contributed by atoms with Crippen LogP contribution >= 0.6 is 0 Å². The van der Waals surface area contributed by atoms with Crippen LogP contribution in [0.15, 0.2) is 61.1 Å². The number of benzene rings is 2. The number of hydrogen-bond acceptors (Lipinski definition) is 2. The summed E-state index contributed by atoms with van der Waals surface area (Å²) < 4.78 is 4.17. The quantitative estimate of drug-likeness (QED) is 0.518. The molecule has 0 aliphatic heterocycles. The van der Waals surface area contributed by atoms with Gasteiger partial charge in [0.25, 0.3) is 5.82 Å². The number of fused-ring (bicyclic) bond motifs is 1. The highest BCUT2D eigenvalue weighted by molar-refractivity contribution is 5.97. The Balaban J connectivity index is 2.07. The monoisotopic (exact) mass is 339 g/mol. The van der Waals surface area contributed by atoms with Crippen molar-refractivity contribution in [3.8, 4) is 23.0 Å². The van der Waals surface area contributed by atoms with Gasteiger partial charge in [-0.1, -0.05) is 29.2 Å². The minimum atomic E-state index is 0.640. The predicted molar refractivity (Wildman–Crippen MR) is 102 cm³/mol. The predicted octanol–water partition coefficient (Wildman–Crippen LogP) is 4.01. The number of aryl methyl sites for hydroxylation is 2. The zero-order valence-corrected chi connectivity index (χ0v) is 15.1. The first-order valence-corrected chi connectivity index (χ1v) is 8.53. The zero-order valence-electron chi connectivity index (χ0n) is 15.1. The van der Waals surface area contributed by atoms with Crippen LogP contribution in [0, 0.1) is 25.2 Å². The van der Waals surface area contributed by atoms with Gasteiger partial charge in [0.2, 0.25) is 0 Å². The van der Waals surface area contributed by atoms with Crippen molar-refractivity contribution in [2.75, 3.05) is 0 Å². The standard InChI is InChI=1S/C22H19N4/c1-15-20(22-19-8-5-4-7-18(19)14-25(22)3)11-17(13-23)12-21(15)26-10-6-9-24-16(26)2/h4-12,14H,1-3H3/q+1. The van der Waals surface area contributed by atoms with Gasteiger partial charge in [-0.3, -0.25) is 0 Å². The molecule has 0 bridgehead atoms. The Labute approximate surface area is 152 Å². The summed E-state index contributed by atoms with van der Waals surface area (Å²) in [6, 6.07) is 16.5. The summed E-state index contributed by atoms with van der Waals surface area (Å²) in [4.78, 5) is 4.39. The van der Waals surface area contributed by atoms with E-state index in [0.717, 1.165) is 28.3 Å². The molecule has 4 heteroatoms. The summed E-state index contributed by atoms with van der Waals surface area (Å²) in [5.74, 6) is 0.883. The molecule has 4 rings (SSSR count). The highest BCUT2D eigenvalue weighted by Gasteiger charge is 2.19. The van der Waals surface area contributed by atoms with Crippen molar-refractivity contribution < 1.29 is 4.57 Å². The second-order valence-electron chi connectivity index (χ2n) is 6.49. The van der Waals surface area contributed by atoms with Crippen LogP contribution in [0.3, 0.4) is 0 Å². The second-order valence-corrected chi connectivity index (χ2v) is 6.49. The van der Waals surface area contributed by atoms with E-state index < -0.39 is 0 Å². The summed E-state index contributed by atoms with van der Waals surface area (Å²) >= 11 is 0. The van der Waals surface area contributed by atoms with Crippen LogP contribution in [0.1, 0.15) is 17.0 Å². The molecule has 0 aliphatic carbocycles. The van der Waals surface area contributed by atoms with Crippen LogP contribution in [-0.2, 0) is 7.05 Å². The molecule has 4 nitrogen and oxygen atoms in total. The molecule has 0 amide bonds. The lowest BCUT2D eigenvalue weighted by Gasteiger charge is -2.13. The first-order valence-electron chi connectivity index (χ1n) is 8.53. The van der Waals surface area contributed by atoms with E-state index >= 15 is 0 Å². The zero-order chi connectivity index (χ0) is 18.3. The summed E-state index contributed by atoms with van der Waals surface area (Å²) in [5, 5.41) is 12.0. The average molecular weight is 339 g/mol. The number of nitrogens with zero attached hydrogens (tertiary/aromatic N) is 4. The number of aromatic nitrogens is 3. The molecular weight excluding hydrogens is 320 g/mol. The fourth-order valence-corrected chi connectivity index (χ4v) is 3.58. The third-order valence-corrected chi connectivity index (χ3v) is 4.86. The van der Waals surface area contributed by atoms with Crippen LogP contribution < -0.4 is 4.57 Å². The van der Waals surface area contributed by atoms with Crippen LogP contribution in [-0.4, -0.2) is 9.55 Å². The van der Waals surface area contributed by atoms with Gasteiger partial charge in [0.1, 0.15) is 18.1 Å². The van der Waals surface area contributed by atoms with Gasteiger partial charge in [-0.15, -0.1) is 0 Å². The summed E-state index contributed by atoms with van der Waals surface area (Å²) in [7, 11) is 2.05. The van der Waals surface area contributed by atoms with Crippen molar-refractivity contribution in [1.82, 2.24) is 9.55 Å². The first-order chi connectivity index (χ1) is 12.6. The Morgan fingerprint density at radius 3 is 2.69 bits per heavy atom. The molecule has 2 heterocycles. The Morgan fingerprint density at radius 1 is 1.12 bits per heavy atom. The number of rotatable bonds is 2. The van der Waals surface area contributed by atoms with Gasteiger partial charge in [-0.25, -0.2) is 4.57 Å². The Hall–Kier alpha value is -3.45. The largest absolute Gasteiger partial charge is 0.349 e. The van der Waals surface area contributed by atoms with E-state index in [9.17, 15) is 5.26 Å². The molecule has 2 aromatic heterocycles. The van der Waals surface area contributed by atoms with Crippen molar-refractivity contribution in [2.24, 2.45) is 7.05 Å². The lowest BCUT2D eigenvalue weighted by Crippen LogP contribution is -2.35. The lowest BCUT2D eigenvalue weighted by molar-refractivity contribution is -0.606. The number of nitriles is 1. The normalized spacial score (nSPS) is 10.8. The molecule has 126 valence electrons. The molecule has 0 aliphatic rings. The van der Waals surface area contributed by atoms with Crippen molar-refractivity contribution in [2.45, 2.75) is 13.8 Å². The van der Waals surface area contributed by atoms with Gasteiger partial charge >= 0.3 is 0 Å². The Kier molecular flexibility index (Phi) is 3.78. The SMILES string of the molecule is Cc1c(-c2c3ccccc3cn2C)cc(C#N)cc1-[n+]1cccnc1C. The molecule has 0 atom stereocenters. The van der Waals surface area contributed by atoms with Crippen LogP contribution in [0.5, 0.6) is 0 Å². The maximum absolute atomic E-state index is 9.59.